The van der Waals surface area contributed by atoms with Crippen LogP contribution in [0.1, 0.15) is 12.8 Å². The van der Waals surface area contributed by atoms with Crippen molar-refractivity contribution in [3.63, 3.8) is 0 Å². The Morgan fingerprint density at radius 2 is 2.50 bits per heavy atom. The maximum absolute atomic E-state index is 11.1. The minimum atomic E-state index is -1.45. The van der Waals surface area contributed by atoms with Gasteiger partial charge < -0.3 is 14.9 Å². The smallest absolute Gasteiger partial charge is 0.333 e. The van der Waals surface area contributed by atoms with Crippen molar-refractivity contribution in [1.82, 2.24) is 0 Å². The lowest BCUT2D eigenvalue weighted by Gasteiger charge is -2.29. The standard InChI is InChI=1S/C10H12O4/c1-3-10(13)5-7(9(12)14-2)4-8(11)6-10/h1,4,8,11,13H,5-6H2,2H3/t8-,10-/m0/s1. The van der Waals surface area contributed by atoms with Crippen LogP contribution in [0, 0.1) is 12.3 Å². The molecule has 4 nitrogen and oxygen atoms in total. The number of carbonyl (C=O) groups excluding carboxylic acids is 1. The Kier molecular flexibility index (Phi) is 2.94. The van der Waals surface area contributed by atoms with Gasteiger partial charge in [-0.2, -0.15) is 0 Å². The molecule has 0 aromatic carbocycles. The number of methoxy groups -OCH3 is 1. The lowest BCUT2D eigenvalue weighted by molar-refractivity contribution is -0.137. The second-order valence-corrected chi connectivity index (χ2v) is 3.31. The minimum absolute atomic E-state index is 0.0211. The number of aliphatic hydroxyl groups excluding tert-OH is 1. The quantitative estimate of drug-likeness (QED) is 0.442. The minimum Gasteiger partial charge on any atom is -0.466 e. The van der Waals surface area contributed by atoms with Gasteiger partial charge in [-0.15, -0.1) is 6.42 Å². The summed E-state index contributed by atoms with van der Waals surface area (Å²) in [7, 11) is 1.24. The number of terminal acetylenes is 1. The highest BCUT2D eigenvalue weighted by Crippen LogP contribution is 2.28. The monoisotopic (exact) mass is 196 g/mol. The van der Waals surface area contributed by atoms with Crippen LogP contribution in [-0.4, -0.2) is 35.0 Å². The van der Waals surface area contributed by atoms with Crippen molar-refractivity contribution in [3.05, 3.63) is 11.6 Å². The van der Waals surface area contributed by atoms with Crippen molar-refractivity contribution in [2.45, 2.75) is 24.5 Å². The first kappa shape index (κ1) is 10.8. The highest BCUT2D eigenvalue weighted by Gasteiger charge is 2.35. The van der Waals surface area contributed by atoms with Crippen molar-refractivity contribution < 1.29 is 19.7 Å². The lowest BCUT2D eigenvalue weighted by atomic mass is 9.84. The van der Waals surface area contributed by atoms with Crippen molar-refractivity contribution in [2.24, 2.45) is 0 Å². The van der Waals surface area contributed by atoms with E-state index in [2.05, 4.69) is 10.7 Å². The number of hydrogen-bond acceptors (Lipinski definition) is 4. The van der Waals surface area contributed by atoms with Crippen molar-refractivity contribution in [1.29, 1.82) is 0 Å². The molecule has 0 aromatic heterocycles. The van der Waals surface area contributed by atoms with Gasteiger partial charge in [-0.3, -0.25) is 0 Å². The zero-order chi connectivity index (χ0) is 10.8. The van der Waals surface area contributed by atoms with Gasteiger partial charge in [0.25, 0.3) is 0 Å². The van der Waals surface area contributed by atoms with Crippen molar-refractivity contribution >= 4 is 5.97 Å². The van der Waals surface area contributed by atoms with E-state index in [0.717, 1.165) is 0 Å². The molecule has 0 bridgehead atoms. The number of carbonyl (C=O) groups is 1. The van der Waals surface area contributed by atoms with E-state index < -0.39 is 17.7 Å². The Bertz CT molecular complexity index is 313. The molecule has 0 radical (unpaired) electrons. The summed E-state index contributed by atoms with van der Waals surface area (Å²) in [6.07, 6.45) is 5.63. The summed E-state index contributed by atoms with van der Waals surface area (Å²) < 4.78 is 4.48. The lowest BCUT2D eigenvalue weighted by Crippen LogP contribution is -2.37. The molecule has 4 heteroatoms. The summed E-state index contributed by atoms with van der Waals surface area (Å²) in [6, 6.07) is 0. The molecular weight excluding hydrogens is 184 g/mol. The van der Waals surface area contributed by atoms with Gasteiger partial charge in [0.2, 0.25) is 0 Å². The molecule has 0 aliphatic heterocycles. The van der Waals surface area contributed by atoms with Crippen LogP contribution < -0.4 is 0 Å². The molecule has 0 heterocycles. The van der Waals surface area contributed by atoms with Crippen LogP contribution in [-0.2, 0) is 9.53 Å². The number of ether oxygens (including phenoxy) is 1. The third-order valence-corrected chi connectivity index (χ3v) is 2.14. The summed E-state index contributed by atoms with van der Waals surface area (Å²) in [4.78, 5) is 11.1. The summed E-state index contributed by atoms with van der Waals surface area (Å²) in [5.41, 5.74) is -1.23. The average Bonchev–Trinajstić information content (AvgIpc) is 2.15. The second kappa shape index (κ2) is 3.82. The molecule has 0 spiro atoms. The molecule has 0 unspecified atom stereocenters. The van der Waals surface area contributed by atoms with E-state index in [4.69, 9.17) is 6.42 Å². The molecule has 0 saturated carbocycles. The molecule has 0 amide bonds. The van der Waals surface area contributed by atoms with Gasteiger partial charge in [0.05, 0.1) is 13.2 Å². The van der Waals surface area contributed by atoms with Crippen LogP contribution in [0.25, 0.3) is 0 Å². The van der Waals surface area contributed by atoms with Crippen LogP contribution in [0.15, 0.2) is 11.6 Å². The first-order valence-electron chi connectivity index (χ1n) is 4.18. The third-order valence-electron chi connectivity index (χ3n) is 2.14. The molecule has 2 N–H and O–H groups in total. The highest BCUT2D eigenvalue weighted by molar-refractivity contribution is 5.89. The van der Waals surface area contributed by atoms with E-state index >= 15 is 0 Å². The number of rotatable bonds is 1. The second-order valence-electron chi connectivity index (χ2n) is 3.31. The predicted molar refractivity (Wildman–Crippen MR) is 49.1 cm³/mol. The molecule has 14 heavy (non-hydrogen) atoms. The van der Waals surface area contributed by atoms with Gasteiger partial charge >= 0.3 is 5.97 Å². The Labute approximate surface area is 82.2 Å². The molecule has 1 aliphatic carbocycles. The van der Waals surface area contributed by atoms with E-state index in [1.165, 1.54) is 13.2 Å². The largest absolute Gasteiger partial charge is 0.466 e. The summed E-state index contributed by atoms with van der Waals surface area (Å²) in [5.74, 6) is 1.59. The van der Waals surface area contributed by atoms with Gasteiger partial charge in [0.15, 0.2) is 0 Å². The summed E-state index contributed by atoms with van der Waals surface area (Å²) >= 11 is 0. The van der Waals surface area contributed by atoms with E-state index in [0.29, 0.717) is 0 Å². The topological polar surface area (TPSA) is 66.8 Å². The van der Waals surface area contributed by atoms with Crippen LogP contribution in [0.2, 0.25) is 0 Å². The number of hydrogen-bond donors (Lipinski definition) is 2. The normalized spacial score (nSPS) is 31.6. The molecule has 1 aliphatic rings. The molecule has 2 atom stereocenters. The Morgan fingerprint density at radius 3 is 3.00 bits per heavy atom. The van der Waals surface area contributed by atoms with Gasteiger partial charge in [-0.25, -0.2) is 4.79 Å². The highest BCUT2D eigenvalue weighted by atomic mass is 16.5. The van der Waals surface area contributed by atoms with Gasteiger partial charge in [0, 0.05) is 18.4 Å². The molecule has 0 fully saturated rings. The van der Waals surface area contributed by atoms with E-state index in [-0.39, 0.29) is 18.4 Å². The molecule has 0 aromatic rings. The third kappa shape index (κ3) is 2.13. The zero-order valence-corrected chi connectivity index (χ0v) is 7.86. The summed E-state index contributed by atoms with van der Waals surface area (Å²) in [5, 5.41) is 19.1. The van der Waals surface area contributed by atoms with Crippen LogP contribution in [0.3, 0.4) is 0 Å². The SMILES string of the molecule is C#C[C@]1(O)CC(C(=O)OC)=C[C@H](O)C1. The number of esters is 1. The van der Waals surface area contributed by atoms with E-state index in [9.17, 15) is 15.0 Å². The fourth-order valence-corrected chi connectivity index (χ4v) is 1.46. The average molecular weight is 196 g/mol. The Hall–Kier alpha value is -1.31. The van der Waals surface area contributed by atoms with Crippen molar-refractivity contribution in [2.75, 3.05) is 7.11 Å². The van der Waals surface area contributed by atoms with Crippen LogP contribution in [0.5, 0.6) is 0 Å². The fourth-order valence-electron chi connectivity index (χ4n) is 1.46. The zero-order valence-electron chi connectivity index (χ0n) is 7.86. The van der Waals surface area contributed by atoms with Crippen LogP contribution in [0.4, 0.5) is 0 Å². The first-order chi connectivity index (χ1) is 6.50. The molecular formula is C10H12O4. The summed E-state index contributed by atoms with van der Waals surface area (Å²) in [6.45, 7) is 0. The predicted octanol–water partition coefficient (Wildman–Crippen LogP) is -0.395. The first-order valence-corrected chi connectivity index (χ1v) is 4.18. The van der Waals surface area contributed by atoms with E-state index in [1.54, 1.807) is 0 Å². The van der Waals surface area contributed by atoms with Gasteiger partial charge in [-0.05, 0) is 6.08 Å². The Morgan fingerprint density at radius 1 is 1.86 bits per heavy atom. The van der Waals surface area contributed by atoms with E-state index in [1.807, 2.05) is 0 Å². The number of aliphatic hydroxyl groups is 2. The van der Waals surface area contributed by atoms with Crippen LogP contribution >= 0.6 is 0 Å². The molecule has 76 valence electrons. The maximum Gasteiger partial charge on any atom is 0.333 e. The molecule has 1 rings (SSSR count). The van der Waals surface area contributed by atoms with Crippen molar-refractivity contribution in [3.8, 4) is 12.3 Å². The van der Waals surface area contributed by atoms with Gasteiger partial charge in [-0.1, -0.05) is 5.92 Å². The Balaban J connectivity index is 2.90. The van der Waals surface area contributed by atoms with Gasteiger partial charge in [0.1, 0.15) is 5.60 Å². The maximum atomic E-state index is 11.1. The molecule has 0 saturated heterocycles. The fraction of sp³-hybridized carbons (Fsp3) is 0.500.